The van der Waals surface area contributed by atoms with Gasteiger partial charge in [0.1, 0.15) is 13.2 Å². The highest BCUT2D eigenvalue weighted by Crippen LogP contribution is 2.19. The van der Waals surface area contributed by atoms with Crippen LogP contribution in [-0.2, 0) is 28.6 Å². The zero-order chi connectivity index (χ0) is 48.1. The topological polar surface area (TPSA) is 78.9 Å². The molecule has 0 aromatic heterocycles. The van der Waals surface area contributed by atoms with Gasteiger partial charge in [-0.15, -0.1) is 0 Å². The fraction of sp³-hybridized carbons (Fsp3) is 0.950. The van der Waals surface area contributed by atoms with Crippen molar-refractivity contribution in [3.05, 3.63) is 0 Å². The molecule has 0 bridgehead atoms. The summed E-state index contributed by atoms with van der Waals surface area (Å²) in [6.45, 7) is 9.11. The summed E-state index contributed by atoms with van der Waals surface area (Å²) in [5.41, 5.74) is 0. The van der Waals surface area contributed by atoms with Crippen molar-refractivity contribution < 1.29 is 28.6 Å². The van der Waals surface area contributed by atoms with E-state index in [4.69, 9.17) is 14.2 Å². The maximum atomic E-state index is 12.8. The Balaban J connectivity index is 4.28. The molecule has 1 unspecified atom stereocenters. The van der Waals surface area contributed by atoms with Crippen molar-refractivity contribution in [2.24, 2.45) is 5.92 Å². The summed E-state index contributed by atoms with van der Waals surface area (Å²) >= 11 is 0. The van der Waals surface area contributed by atoms with E-state index in [1.165, 1.54) is 238 Å². The monoisotopic (exact) mass is 933 g/mol. The average Bonchev–Trinajstić information content (AvgIpc) is 3.32. The normalized spacial score (nSPS) is 12.4. The molecular weight excluding hydrogens is 817 g/mol. The molecule has 2 atom stereocenters. The van der Waals surface area contributed by atoms with Crippen LogP contribution in [0.15, 0.2) is 0 Å². The van der Waals surface area contributed by atoms with Gasteiger partial charge >= 0.3 is 17.9 Å². The van der Waals surface area contributed by atoms with Crippen molar-refractivity contribution in [3.8, 4) is 0 Å². The molecular formula is C60H116O6. The van der Waals surface area contributed by atoms with Crippen LogP contribution >= 0.6 is 0 Å². The summed E-state index contributed by atoms with van der Waals surface area (Å²) in [6, 6.07) is 0. The van der Waals surface area contributed by atoms with Crippen LogP contribution in [0.2, 0.25) is 0 Å². The number of hydrogen-bond acceptors (Lipinski definition) is 6. The summed E-state index contributed by atoms with van der Waals surface area (Å²) < 4.78 is 16.9. The lowest BCUT2D eigenvalue weighted by Gasteiger charge is -2.18. The zero-order valence-corrected chi connectivity index (χ0v) is 45.2. The van der Waals surface area contributed by atoms with Gasteiger partial charge in [-0.2, -0.15) is 0 Å². The molecule has 0 rings (SSSR count). The van der Waals surface area contributed by atoms with Gasteiger partial charge in [-0.25, -0.2) is 0 Å². The molecule has 0 N–H and O–H groups in total. The Hall–Kier alpha value is -1.59. The van der Waals surface area contributed by atoms with E-state index in [1.807, 2.05) is 0 Å². The Morgan fingerprint density at radius 1 is 0.303 bits per heavy atom. The standard InChI is InChI=1S/C60H116O6/c1-5-8-10-12-14-16-18-20-22-23-28-31-35-39-43-47-51-58(61)64-54-57(66-60(63)53-49-45-41-37-33-27-21-19-17-15-13-11-9-6-2)55-65-59(62)52-48-44-40-36-32-29-25-24-26-30-34-38-42-46-50-56(4)7-3/h56-57H,5-55H2,1-4H3/t56?,57-/m1/s1. The first kappa shape index (κ1) is 64.4. The van der Waals surface area contributed by atoms with Gasteiger partial charge in [0.2, 0.25) is 0 Å². The van der Waals surface area contributed by atoms with Crippen molar-refractivity contribution in [2.45, 2.75) is 348 Å². The van der Waals surface area contributed by atoms with Gasteiger partial charge in [0.05, 0.1) is 0 Å². The molecule has 0 heterocycles. The van der Waals surface area contributed by atoms with Crippen molar-refractivity contribution in [3.63, 3.8) is 0 Å². The Morgan fingerprint density at radius 3 is 0.788 bits per heavy atom. The van der Waals surface area contributed by atoms with E-state index in [-0.39, 0.29) is 31.1 Å². The highest BCUT2D eigenvalue weighted by molar-refractivity contribution is 5.71. The molecule has 0 spiro atoms. The summed E-state index contributed by atoms with van der Waals surface area (Å²) in [5.74, 6) is 0.0636. The summed E-state index contributed by atoms with van der Waals surface area (Å²) in [4.78, 5) is 38.2. The van der Waals surface area contributed by atoms with E-state index in [0.717, 1.165) is 63.7 Å². The molecule has 0 amide bonds. The number of carbonyl (C=O) groups excluding carboxylic acids is 3. The lowest BCUT2D eigenvalue weighted by molar-refractivity contribution is -0.167. The van der Waals surface area contributed by atoms with Crippen LogP contribution < -0.4 is 0 Å². The number of rotatable bonds is 55. The molecule has 0 aromatic carbocycles. The Kier molecular flexibility index (Phi) is 53.0. The van der Waals surface area contributed by atoms with Crippen molar-refractivity contribution in [1.82, 2.24) is 0 Å². The predicted molar refractivity (Wildman–Crippen MR) is 284 cm³/mol. The zero-order valence-electron chi connectivity index (χ0n) is 45.2. The molecule has 0 aromatic rings. The first-order valence-electron chi connectivity index (χ1n) is 29.9. The van der Waals surface area contributed by atoms with Gasteiger partial charge in [0.15, 0.2) is 6.10 Å². The van der Waals surface area contributed by atoms with Crippen LogP contribution in [0.1, 0.15) is 342 Å². The fourth-order valence-electron chi connectivity index (χ4n) is 9.25. The second-order valence-electron chi connectivity index (χ2n) is 20.9. The third-order valence-electron chi connectivity index (χ3n) is 14.2. The lowest BCUT2D eigenvalue weighted by Crippen LogP contribution is -2.30. The SMILES string of the molecule is CCCCCCCCCCCCCCCCCCC(=O)OC[C@H](COC(=O)CCCCCCCCCCCCCCCCC(C)CC)OC(=O)CCCCCCCCCCCCCCCC. The Morgan fingerprint density at radius 2 is 0.530 bits per heavy atom. The maximum absolute atomic E-state index is 12.8. The summed E-state index contributed by atoms with van der Waals surface area (Å²) in [7, 11) is 0. The van der Waals surface area contributed by atoms with E-state index in [1.54, 1.807) is 0 Å². The van der Waals surface area contributed by atoms with Gasteiger partial charge in [-0.1, -0.05) is 304 Å². The maximum Gasteiger partial charge on any atom is 0.306 e. The minimum absolute atomic E-state index is 0.0615. The van der Waals surface area contributed by atoms with Crippen LogP contribution in [0.5, 0.6) is 0 Å². The molecule has 6 nitrogen and oxygen atoms in total. The molecule has 0 aliphatic heterocycles. The Labute approximate surface area is 412 Å². The molecule has 392 valence electrons. The van der Waals surface area contributed by atoms with Gasteiger partial charge in [-0.05, 0) is 25.2 Å². The molecule has 0 aliphatic rings. The number of unbranched alkanes of at least 4 members (excludes halogenated alkanes) is 41. The molecule has 0 radical (unpaired) electrons. The summed E-state index contributed by atoms with van der Waals surface area (Å²) in [5, 5.41) is 0. The van der Waals surface area contributed by atoms with Gasteiger partial charge in [-0.3, -0.25) is 14.4 Å². The quantitative estimate of drug-likeness (QED) is 0.0343. The van der Waals surface area contributed by atoms with Crippen LogP contribution in [0.25, 0.3) is 0 Å². The third-order valence-corrected chi connectivity index (χ3v) is 14.2. The van der Waals surface area contributed by atoms with Gasteiger partial charge < -0.3 is 14.2 Å². The van der Waals surface area contributed by atoms with Crippen molar-refractivity contribution >= 4 is 17.9 Å². The molecule has 0 fully saturated rings. The van der Waals surface area contributed by atoms with Gasteiger partial charge in [0.25, 0.3) is 0 Å². The Bertz CT molecular complexity index is 998. The van der Waals surface area contributed by atoms with Crippen LogP contribution in [0.3, 0.4) is 0 Å². The first-order chi connectivity index (χ1) is 32.4. The predicted octanol–water partition coefficient (Wildman–Crippen LogP) is 19.8. The minimum Gasteiger partial charge on any atom is -0.462 e. The number of hydrogen-bond donors (Lipinski definition) is 0. The average molecular weight is 934 g/mol. The molecule has 66 heavy (non-hydrogen) atoms. The first-order valence-corrected chi connectivity index (χ1v) is 29.9. The number of esters is 3. The van der Waals surface area contributed by atoms with Gasteiger partial charge in [0, 0.05) is 19.3 Å². The largest absolute Gasteiger partial charge is 0.462 e. The highest BCUT2D eigenvalue weighted by Gasteiger charge is 2.19. The number of carbonyl (C=O) groups is 3. The highest BCUT2D eigenvalue weighted by atomic mass is 16.6. The van der Waals surface area contributed by atoms with E-state index >= 15 is 0 Å². The summed E-state index contributed by atoms with van der Waals surface area (Å²) in [6.07, 6.45) is 59.4. The van der Waals surface area contributed by atoms with Crippen LogP contribution in [0.4, 0.5) is 0 Å². The molecule has 6 heteroatoms. The second-order valence-corrected chi connectivity index (χ2v) is 20.9. The van der Waals surface area contributed by atoms with Crippen LogP contribution in [0, 0.1) is 5.92 Å². The smallest absolute Gasteiger partial charge is 0.306 e. The van der Waals surface area contributed by atoms with Crippen molar-refractivity contribution in [2.75, 3.05) is 13.2 Å². The van der Waals surface area contributed by atoms with E-state index in [0.29, 0.717) is 19.3 Å². The van der Waals surface area contributed by atoms with E-state index < -0.39 is 6.10 Å². The van der Waals surface area contributed by atoms with Crippen molar-refractivity contribution in [1.29, 1.82) is 0 Å². The minimum atomic E-state index is -0.762. The van der Waals surface area contributed by atoms with E-state index in [2.05, 4.69) is 27.7 Å². The third kappa shape index (κ3) is 51.8. The molecule has 0 aliphatic carbocycles. The lowest BCUT2D eigenvalue weighted by atomic mass is 9.99. The molecule has 0 saturated heterocycles. The number of ether oxygens (including phenoxy) is 3. The van der Waals surface area contributed by atoms with Crippen LogP contribution in [-0.4, -0.2) is 37.2 Å². The van der Waals surface area contributed by atoms with E-state index in [9.17, 15) is 14.4 Å². The molecule has 0 saturated carbocycles. The fourth-order valence-corrected chi connectivity index (χ4v) is 9.25. The second kappa shape index (κ2) is 54.4.